The fourth-order valence-corrected chi connectivity index (χ4v) is 4.04. The maximum Gasteiger partial charge on any atom is 0.123 e. The van der Waals surface area contributed by atoms with Gasteiger partial charge >= 0.3 is 0 Å². The molecule has 0 aliphatic heterocycles. The second-order valence-corrected chi connectivity index (χ2v) is 7.00. The predicted molar refractivity (Wildman–Crippen MR) is 75.6 cm³/mol. The summed E-state index contributed by atoms with van der Waals surface area (Å²) >= 11 is 11.5. The third kappa shape index (κ3) is 2.72. The molecule has 1 aromatic carbocycles. The molecule has 0 spiro atoms. The highest BCUT2D eigenvalue weighted by Crippen LogP contribution is 2.38. The number of halogens is 3. The van der Waals surface area contributed by atoms with Crippen molar-refractivity contribution in [2.24, 2.45) is 0 Å². The standard InChI is InChI=1S/C13H11BrClFS/c1-7-3-4-9(16)5-10(7)13(15)11-6-12(14)17-8(11)2/h3-6,13H,1-2H3. The van der Waals surface area contributed by atoms with Crippen molar-refractivity contribution in [2.45, 2.75) is 19.2 Å². The van der Waals surface area contributed by atoms with E-state index >= 15 is 0 Å². The molecule has 0 fully saturated rings. The minimum Gasteiger partial charge on any atom is -0.207 e. The first-order valence-electron chi connectivity index (χ1n) is 5.15. The summed E-state index contributed by atoms with van der Waals surface area (Å²) in [6, 6.07) is 6.73. The van der Waals surface area contributed by atoms with E-state index in [0.29, 0.717) is 0 Å². The van der Waals surface area contributed by atoms with Crippen molar-refractivity contribution in [1.82, 2.24) is 0 Å². The summed E-state index contributed by atoms with van der Waals surface area (Å²) in [6.07, 6.45) is 0. The molecule has 0 amide bonds. The average molecular weight is 334 g/mol. The summed E-state index contributed by atoms with van der Waals surface area (Å²) < 4.78 is 14.3. The van der Waals surface area contributed by atoms with Gasteiger partial charge in [0.2, 0.25) is 0 Å². The van der Waals surface area contributed by atoms with E-state index in [4.69, 9.17) is 11.6 Å². The molecular formula is C13H11BrClFS. The van der Waals surface area contributed by atoms with Crippen LogP contribution in [0.3, 0.4) is 0 Å². The van der Waals surface area contributed by atoms with E-state index in [0.717, 1.165) is 25.4 Å². The lowest BCUT2D eigenvalue weighted by Crippen LogP contribution is -1.97. The highest BCUT2D eigenvalue weighted by atomic mass is 79.9. The van der Waals surface area contributed by atoms with Gasteiger partial charge < -0.3 is 0 Å². The Balaban J connectivity index is 2.46. The van der Waals surface area contributed by atoms with Crippen molar-refractivity contribution in [1.29, 1.82) is 0 Å². The van der Waals surface area contributed by atoms with E-state index in [2.05, 4.69) is 15.9 Å². The number of aryl methyl sites for hydroxylation is 2. The number of alkyl halides is 1. The lowest BCUT2D eigenvalue weighted by Gasteiger charge is -2.12. The van der Waals surface area contributed by atoms with Gasteiger partial charge in [-0.15, -0.1) is 22.9 Å². The Kier molecular flexibility index (Phi) is 3.91. The molecule has 2 rings (SSSR count). The Hall–Kier alpha value is -0.380. The topological polar surface area (TPSA) is 0 Å². The van der Waals surface area contributed by atoms with Crippen LogP contribution >= 0.6 is 38.9 Å². The van der Waals surface area contributed by atoms with Crippen LogP contribution in [0.5, 0.6) is 0 Å². The van der Waals surface area contributed by atoms with E-state index < -0.39 is 0 Å². The zero-order valence-electron chi connectivity index (χ0n) is 9.43. The van der Waals surface area contributed by atoms with Crippen LogP contribution in [0.4, 0.5) is 4.39 Å². The number of thiophene rings is 1. The Labute approximate surface area is 118 Å². The molecule has 0 nitrogen and oxygen atoms in total. The summed E-state index contributed by atoms with van der Waals surface area (Å²) in [5.41, 5.74) is 2.88. The number of rotatable bonds is 2. The van der Waals surface area contributed by atoms with Crippen LogP contribution in [0.1, 0.15) is 26.9 Å². The molecule has 0 aliphatic rings. The molecule has 2 aromatic rings. The minimum atomic E-state index is -0.298. The molecule has 1 unspecified atom stereocenters. The molecule has 1 aromatic heterocycles. The SMILES string of the molecule is Cc1ccc(F)cc1C(Cl)c1cc(Br)sc1C. The molecule has 1 heterocycles. The summed E-state index contributed by atoms with van der Waals surface area (Å²) in [6.45, 7) is 3.97. The van der Waals surface area contributed by atoms with Crippen LogP contribution in [-0.4, -0.2) is 0 Å². The van der Waals surface area contributed by atoms with Gasteiger partial charge in [0.25, 0.3) is 0 Å². The Morgan fingerprint density at radius 1 is 1.24 bits per heavy atom. The summed E-state index contributed by atoms with van der Waals surface area (Å²) in [4.78, 5) is 1.15. The average Bonchev–Trinajstić information content (AvgIpc) is 2.60. The first-order chi connectivity index (χ1) is 7.99. The van der Waals surface area contributed by atoms with Gasteiger partial charge in [0.05, 0.1) is 9.16 Å². The fourth-order valence-electron chi connectivity index (χ4n) is 1.76. The van der Waals surface area contributed by atoms with Crippen LogP contribution in [0.2, 0.25) is 0 Å². The van der Waals surface area contributed by atoms with Crippen LogP contribution in [0, 0.1) is 19.7 Å². The monoisotopic (exact) mass is 332 g/mol. The van der Waals surface area contributed by atoms with Crippen molar-refractivity contribution in [2.75, 3.05) is 0 Å². The first kappa shape index (κ1) is 13.1. The molecule has 0 saturated heterocycles. The fraction of sp³-hybridized carbons (Fsp3) is 0.231. The molecule has 1 atom stereocenters. The maximum absolute atomic E-state index is 13.3. The third-order valence-corrected chi connectivity index (χ3v) is 4.75. The van der Waals surface area contributed by atoms with Crippen molar-refractivity contribution >= 4 is 38.9 Å². The van der Waals surface area contributed by atoms with Gasteiger partial charge in [0.1, 0.15) is 5.82 Å². The second kappa shape index (κ2) is 5.09. The summed E-state index contributed by atoms with van der Waals surface area (Å²) in [7, 11) is 0. The molecule has 17 heavy (non-hydrogen) atoms. The second-order valence-electron chi connectivity index (χ2n) is 3.93. The molecule has 90 valence electrons. The van der Waals surface area contributed by atoms with Gasteiger partial charge in [0.15, 0.2) is 0 Å². The lowest BCUT2D eigenvalue weighted by molar-refractivity contribution is 0.625. The number of benzene rings is 1. The zero-order chi connectivity index (χ0) is 12.6. The van der Waals surface area contributed by atoms with Crippen molar-refractivity contribution in [3.05, 3.63) is 55.4 Å². The zero-order valence-corrected chi connectivity index (χ0v) is 12.6. The van der Waals surface area contributed by atoms with Crippen LogP contribution in [-0.2, 0) is 0 Å². The molecule has 4 heteroatoms. The highest BCUT2D eigenvalue weighted by Gasteiger charge is 2.18. The van der Waals surface area contributed by atoms with Gasteiger partial charge in [-0.3, -0.25) is 0 Å². The summed E-state index contributed by atoms with van der Waals surface area (Å²) in [5, 5.41) is -0.298. The minimum absolute atomic E-state index is 0.247. The van der Waals surface area contributed by atoms with Crippen LogP contribution in [0.25, 0.3) is 0 Å². The van der Waals surface area contributed by atoms with E-state index in [1.165, 1.54) is 12.1 Å². The van der Waals surface area contributed by atoms with E-state index in [1.807, 2.05) is 19.9 Å². The largest absolute Gasteiger partial charge is 0.207 e. The molecule has 0 bridgehead atoms. The van der Waals surface area contributed by atoms with Gasteiger partial charge in [-0.1, -0.05) is 6.07 Å². The Morgan fingerprint density at radius 3 is 2.53 bits per heavy atom. The number of hydrogen-bond donors (Lipinski definition) is 0. The first-order valence-corrected chi connectivity index (χ1v) is 7.19. The van der Waals surface area contributed by atoms with E-state index in [9.17, 15) is 4.39 Å². The molecule has 0 aliphatic carbocycles. The van der Waals surface area contributed by atoms with Gasteiger partial charge in [-0.05, 0) is 64.7 Å². The molecule has 0 saturated carbocycles. The predicted octanol–water partition coefficient (Wildman–Crippen LogP) is 5.59. The Bertz CT molecular complexity index is 550. The van der Waals surface area contributed by atoms with Crippen molar-refractivity contribution < 1.29 is 4.39 Å². The molecular weight excluding hydrogens is 323 g/mol. The molecule has 0 radical (unpaired) electrons. The van der Waals surface area contributed by atoms with Crippen LogP contribution in [0.15, 0.2) is 28.1 Å². The molecule has 0 N–H and O–H groups in total. The maximum atomic E-state index is 13.3. The normalized spacial score (nSPS) is 12.8. The summed E-state index contributed by atoms with van der Waals surface area (Å²) in [5.74, 6) is -0.247. The van der Waals surface area contributed by atoms with E-state index in [1.54, 1.807) is 17.4 Å². The number of hydrogen-bond acceptors (Lipinski definition) is 1. The van der Waals surface area contributed by atoms with E-state index in [-0.39, 0.29) is 11.2 Å². The Morgan fingerprint density at radius 2 is 1.94 bits per heavy atom. The third-order valence-electron chi connectivity index (χ3n) is 2.71. The quantitative estimate of drug-likeness (QED) is 0.628. The van der Waals surface area contributed by atoms with Gasteiger partial charge in [-0.25, -0.2) is 4.39 Å². The van der Waals surface area contributed by atoms with Crippen molar-refractivity contribution in [3.8, 4) is 0 Å². The smallest absolute Gasteiger partial charge is 0.123 e. The van der Waals surface area contributed by atoms with Crippen LogP contribution < -0.4 is 0 Å². The van der Waals surface area contributed by atoms with Crippen molar-refractivity contribution in [3.63, 3.8) is 0 Å². The van der Waals surface area contributed by atoms with Gasteiger partial charge in [-0.2, -0.15) is 0 Å². The lowest BCUT2D eigenvalue weighted by atomic mass is 10.0. The van der Waals surface area contributed by atoms with Gasteiger partial charge in [0, 0.05) is 4.88 Å². The highest BCUT2D eigenvalue weighted by molar-refractivity contribution is 9.11.